The Bertz CT molecular complexity index is 1700. The van der Waals surface area contributed by atoms with Crippen LogP contribution in [0.1, 0.15) is 36.1 Å². The third kappa shape index (κ3) is 8.07. The number of nitrogens with zero attached hydrogens (tertiary/aromatic N) is 2. The summed E-state index contributed by atoms with van der Waals surface area (Å²) in [6.07, 6.45) is 0.252. The van der Waals surface area contributed by atoms with E-state index in [1.807, 2.05) is 75.4 Å². The summed E-state index contributed by atoms with van der Waals surface area (Å²) in [6, 6.07) is 28.9. The quantitative estimate of drug-likeness (QED) is 0.198. The fraction of sp³-hybridized carbons (Fsp3) is 0.257. The van der Waals surface area contributed by atoms with Crippen LogP contribution in [0.2, 0.25) is 5.02 Å². The second kappa shape index (κ2) is 14.6. The lowest BCUT2D eigenvalue weighted by Crippen LogP contribution is -2.54. The molecule has 0 radical (unpaired) electrons. The number of rotatable bonds is 12. The van der Waals surface area contributed by atoms with Crippen molar-refractivity contribution in [3.63, 3.8) is 0 Å². The molecule has 230 valence electrons. The van der Waals surface area contributed by atoms with Gasteiger partial charge in [0.2, 0.25) is 11.8 Å². The minimum Gasteiger partial charge on any atom is -0.352 e. The molecule has 4 aromatic carbocycles. The maximum Gasteiger partial charge on any atom is 0.264 e. The summed E-state index contributed by atoms with van der Waals surface area (Å²) < 4.78 is 29.4. The number of carbonyl (C=O) groups excluding carboxylic acids is 2. The smallest absolute Gasteiger partial charge is 0.264 e. The number of aryl methyl sites for hydroxylation is 2. The molecule has 1 atom stereocenters. The average Bonchev–Trinajstić information content (AvgIpc) is 2.99. The molecule has 1 N–H and O–H groups in total. The summed E-state index contributed by atoms with van der Waals surface area (Å²) in [5, 5.41) is 3.42. The molecule has 0 aliphatic rings. The number of nitrogens with one attached hydrogen (secondary N) is 1. The fourth-order valence-corrected chi connectivity index (χ4v) is 6.76. The predicted molar refractivity (Wildman–Crippen MR) is 176 cm³/mol. The van der Waals surface area contributed by atoms with Crippen LogP contribution in [0.4, 0.5) is 5.69 Å². The molecule has 4 aromatic rings. The van der Waals surface area contributed by atoms with Crippen molar-refractivity contribution in [3.8, 4) is 0 Å². The van der Waals surface area contributed by atoms with Crippen LogP contribution in [-0.2, 0) is 32.6 Å². The SMILES string of the molecule is Cc1ccccc1CN(C(=O)CN(c1ccc(Cl)cc1C)S(=O)(=O)c1ccccc1)C(Cc1ccccc1)C(=O)NC(C)C. The Morgan fingerprint density at radius 1 is 0.818 bits per heavy atom. The number of amides is 2. The van der Waals surface area contributed by atoms with Gasteiger partial charge in [0, 0.05) is 24.0 Å². The zero-order valence-corrected chi connectivity index (χ0v) is 27.0. The molecule has 0 aliphatic carbocycles. The summed E-state index contributed by atoms with van der Waals surface area (Å²) in [5.41, 5.74) is 3.61. The molecule has 44 heavy (non-hydrogen) atoms. The summed E-state index contributed by atoms with van der Waals surface area (Å²) >= 11 is 6.22. The van der Waals surface area contributed by atoms with E-state index in [1.54, 1.807) is 43.3 Å². The minimum atomic E-state index is -4.18. The zero-order valence-electron chi connectivity index (χ0n) is 25.4. The number of anilines is 1. The molecule has 0 fully saturated rings. The first-order chi connectivity index (χ1) is 21.0. The van der Waals surface area contributed by atoms with E-state index in [-0.39, 0.29) is 29.8 Å². The highest BCUT2D eigenvalue weighted by Crippen LogP contribution is 2.29. The van der Waals surface area contributed by atoms with Crippen molar-refractivity contribution in [1.82, 2.24) is 10.2 Å². The van der Waals surface area contributed by atoms with Crippen molar-refractivity contribution in [3.05, 3.63) is 130 Å². The van der Waals surface area contributed by atoms with Crippen molar-refractivity contribution >= 4 is 39.1 Å². The van der Waals surface area contributed by atoms with Crippen molar-refractivity contribution in [1.29, 1.82) is 0 Å². The van der Waals surface area contributed by atoms with E-state index >= 15 is 0 Å². The third-order valence-corrected chi connectivity index (χ3v) is 9.35. The van der Waals surface area contributed by atoms with Crippen molar-refractivity contribution < 1.29 is 18.0 Å². The van der Waals surface area contributed by atoms with E-state index in [0.717, 1.165) is 21.0 Å². The van der Waals surface area contributed by atoms with Crippen LogP contribution >= 0.6 is 11.6 Å². The van der Waals surface area contributed by atoms with Crippen LogP contribution in [0.15, 0.2) is 108 Å². The first-order valence-corrected chi connectivity index (χ1v) is 16.3. The van der Waals surface area contributed by atoms with E-state index < -0.39 is 28.5 Å². The standard InChI is InChI=1S/C35H38ClN3O4S/c1-25(2)37-35(41)33(22-28-14-7-5-8-15-28)38(23-29-16-12-11-13-26(29)3)34(40)24-39(32-20-19-30(36)21-27(32)4)44(42,43)31-17-9-6-10-18-31/h5-21,25,33H,22-24H2,1-4H3,(H,37,41). The normalized spacial score (nSPS) is 12.0. The van der Waals surface area contributed by atoms with Crippen LogP contribution < -0.4 is 9.62 Å². The molecular formula is C35H38ClN3O4S. The topological polar surface area (TPSA) is 86.8 Å². The van der Waals surface area contributed by atoms with E-state index in [0.29, 0.717) is 16.3 Å². The average molecular weight is 632 g/mol. The molecule has 1 unspecified atom stereocenters. The number of carbonyl (C=O) groups is 2. The van der Waals surface area contributed by atoms with Crippen molar-refractivity contribution in [2.75, 3.05) is 10.8 Å². The molecule has 4 rings (SSSR count). The lowest BCUT2D eigenvalue weighted by molar-refractivity contribution is -0.140. The second-order valence-corrected chi connectivity index (χ2v) is 13.4. The lowest BCUT2D eigenvalue weighted by atomic mass is 10.0. The summed E-state index contributed by atoms with van der Waals surface area (Å²) in [6.45, 7) is 7.02. The Kier molecular flexibility index (Phi) is 10.8. The molecule has 2 amide bonds. The summed E-state index contributed by atoms with van der Waals surface area (Å²) in [4.78, 5) is 29.9. The van der Waals surface area contributed by atoms with Gasteiger partial charge in [0.25, 0.3) is 10.0 Å². The van der Waals surface area contributed by atoms with Gasteiger partial charge in [-0.1, -0.05) is 84.4 Å². The van der Waals surface area contributed by atoms with Crippen LogP contribution in [0.5, 0.6) is 0 Å². The molecule has 0 saturated heterocycles. The van der Waals surface area contributed by atoms with Crippen molar-refractivity contribution in [2.45, 2.75) is 57.6 Å². The van der Waals surface area contributed by atoms with E-state index in [2.05, 4.69) is 5.32 Å². The van der Waals surface area contributed by atoms with Gasteiger partial charge in [-0.15, -0.1) is 0 Å². The van der Waals surface area contributed by atoms with E-state index in [4.69, 9.17) is 11.6 Å². The zero-order chi connectivity index (χ0) is 31.9. The van der Waals surface area contributed by atoms with Crippen LogP contribution in [0.25, 0.3) is 0 Å². The van der Waals surface area contributed by atoms with Gasteiger partial charge in [-0.2, -0.15) is 0 Å². The van der Waals surface area contributed by atoms with Gasteiger partial charge in [-0.3, -0.25) is 13.9 Å². The molecule has 7 nitrogen and oxygen atoms in total. The molecule has 0 bridgehead atoms. The van der Waals surface area contributed by atoms with Gasteiger partial charge in [0.1, 0.15) is 12.6 Å². The van der Waals surface area contributed by atoms with Gasteiger partial charge in [-0.05, 0) is 80.3 Å². The largest absolute Gasteiger partial charge is 0.352 e. The first-order valence-electron chi connectivity index (χ1n) is 14.5. The second-order valence-electron chi connectivity index (χ2n) is 11.1. The highest BCUT2D eigenvalue weighted by molar-refractivity contribution is 7.92. The Morgan fingerprint density at radius 2 is 1.43 bits per heavy atom. The summed E-state index contributed by atoms with van der Waals surface area (Å²) in [5.74, 6) is -0.826. The fourth-order valence-electron chi connectivity index (χ4n) is 5.04. The molecule has 0 aliphatic heterocycles. The highest BCUT2D eigenvalue weighted by atomic mass is 35.5. The number of hydrogen-bond acceptors (Lipinski definition) is 4. The van der Waals surface area contributed by atoms with E-state index in [9.17, 15) is 18.0 Å². The Hall–Kier alpha value is -4.14. The van der Waals surface area contributed by atoms with Gasteiger partial charge in [0.15, 0.2) is 0 Å². The number of sulfonamides is 1. The molecule has 0 spiro atoms. The predicted octanol–water partition coefficient (Wildman–Crippen LogP) is 6.32. The molecule has 0 saturated carbocycles. The number of benzene rings is 4. The minimum absolute atomic E-state index is 0.0472. The monoisotopic (exact) mass is 631 g/mol. The van der Waals surface area contributed by atoms with Gasteiger partial charge in [0.05, 0.1) is 10.6 Å². The first kappa shape index (κ1) is 32.8. The maximum atomic E-state index is 14.5. The summed E-state index contributed by atoms with van der Waals surface area (Å²) in [7, 11) is -4.18. The van der Waals surface area contributed by atoms with E-state index in [1.165, 1.54) is 17.0 Å². The van der Waals surface area contributed by atoms with Gasteiger partial charge < -0.3 is 10.2 Å². The van der Waals surface area contributed by atoms with Crippen LogP contribution in [-0.4, -0.2) is 43.8 Å². The molecular weight excluding hydrogens is 594 g/mol. The number of hydrogen-bond donors (Lipinski definition) is 1. The molecule has 0 aromatic heterocycles. The van der Waals surface area contributed by atoms with Crippen LogP contribution in [0.3, 0.4) is 0 Å². The molecule has 0 heterocycles. The Labute approximate surface area is 265 Å². The van der Waals surface area contributed by atoms with Crippen LogP contribution in [0, 0.1) is 13.8 Å². The lowest BCUT2D eigenvalue weighted by Gasteiger charge is -2.34. The Morgan fingerprint density at radius 3 is 2.05 bits per heavy atom. The highest BCUT2D eigenvalue weighted by Gasteiger charge is 2.35. The Balaban J connectivity index is 1.83. The molecule has 9 heteroatoms. The number of halogens is 1. The van der Waals surface area contributed by atoms with Gasteiger partial charge >= 0.3 is 0 Å². The maximum absolute atomic E-state index is 14.5. The third-order valence-electron chi connectivity index (χ3n) is 7.34. The van der Waals surface area contributed by atoms with Crippen molar-refractivity contribution in [2.24, 2.45) is 0 Å². The van der Waals surface area contributed by atoms with Gasteiger partial charge in [-0.25, -0.2) is 8.42 Å².